The summed E-state index contributed by atoms with van der Waals surface area (Å²) in [7, 11) is 1.43. The molecule has 5 nitrogen and oxygen atoms in total. The Bertz CT molecular complexity index is 888. The molecule has 0 bridgehead atoms. The van der Waals surface area contributed by atoms with E-state index < -0.39 is 0 Å². The van der Waals surface area contributed by atoms with E-state index in [0.717, 1.165) is 49.9 Å². The maximum Gasteiger partial charge on any atom is 0.310 e. The minimum Gasteiger partial charge on any atom is -0.469 e. The molecule has 32 heavy (non-hydrogen) atoms. The van der Waals surface area contributed by atoms with Crippen LogP contribution in [-0.4, -0.2) is 38.1 Å². The van der Waals surface area contributed by atoms with Gasteiger partial charge in [-0.25, -0.2) is 0 Å². The summed E-state index contributed by atoms with van der Waals surface area (Å²) in [5, 5.41) is 6.51. The number of esters is 1. The van der Waals surface area contributed by atoms with Gasteiger partial charge in [0, 0.05) is 11.6 Å². The van der Waals surface area contributed by atoms with Crippen molar-refractivity contribution in [3.63, 3.8) is 0 Å². The Morgan fingerprint density at radius 2 is 1.91 bits per heavy atom. The molecule has 3 rings (SSSR count). The van der Waals surface area contributed by atoms with Crippen LogP contribution in [0.5, 0.6) is 0 Å². The molecule has 1 fully saturated rings. The molecule has 172 valence electrons. The summed E-state index contributed by atoms with van der Waals surface area (Å²) in [5.74, 6) is -0.304. The number of methoxy groups -OCH3 is 1. The average molecular weight is 437 g/mol. The number of piperidine rings is 1. The molecule has 0 spiro atoms. The van der Waals surface area contributed by atoms with E-state index in [0.29, 0.717) is 17.9 Å². The van der Waals surface area contributed by atoms with E-state index in [1.54, 1.807) is 0 Å². The summed E-state index contributed by atoms with van der Waals surface area (Å²) in [5.41, 5.74) is 4.12. The highest BCUT2D eigenvalue weighted by Crippen LogP contribution is 2.25. The fraction of sp³-hybridized carbons (Fsp3) is 0.481. The fourth-order valence-electron chi connectivity index (χ4n) is 4.58. The lowest BCUT2D eigenvalue weighted by Gasteiger charge is -2.30. The number of hydrogen-bond donors (Lipinski definition) is 2. The number of carbonyl (C=O) groups excluding carboxylic acids is 2. The van der Waals surface area contributed by atoms with Crippen LogP contribution in [0, 0.1) is 11.8 Å². The van der Waals surface area contributed by atoms with Gasteiger partial charge < -0.3 is 15.4 Å². The molecule has 1 amide bonds. The first-order valence-electron chi connectivity index (χ1n) is 11.8. The van der Waals surface area contributed by atoms with Crippen LogP contribution in [-0.2, 0) is 16.0 Å². The van der Waals surface area contributed by atoms with Crippen LogP contribution in [0.25, 0.3) is 11.1 Å². The van der Waals surface area contributed by atoms with Crippen molar-refractivity contribution in [3.8, 4) is 11.1 Å². The van der Waals surface area contributed by atoms with E-state index in [4.69, 9.17) is 4.74 Å². The molecule has 3 atom stereocenters. The van der Waals surface area contributed by atoms with Crippen LogP contribution in [0.4, 0.5) is 0 Å². The fourth-order valence-corrected chi connectivity index (χ4v) is 4.58. The smallest absolute Gasteiger partial charge is 0.310 e. The second-order valence-corrected chi connectivity index (χ2v) is 8.70. The molecule has 1 saturated heterocycles. The van der Waals surface area contributed by atoms with E-state index in [2.05, 4.69) is 41.8 Å². The number of carbonyl (C=O) groups is 2. The van der Waals surface area contributed by atoms with Gasteiger partial charge in [0.05, 0.1) is 13.0 Å². The third-order valence-corrected chi connectivity index (χ3v) is 6.55. The summed E-state index contributed by atoms with van der Waals surface area (Å²) in [4.78, 5) is 25.6. The molecule has 2 N–H and O–H groups in total. The largest absolute Gasteiger partial charge is 0.469 e. The van der Waals surface area contributed by atoms with Gasteiger partial charge in [0.1, 0.15) is 0 Å². The standard InChI is InChI=1S/C27H36N2O3/c1-4-19-8-6-10-23(16-19)21-11-13-22(14-12-21)26(30)29-25(5-2)24(27(31)32-3)17-20-9-7-15-28-18-20/h6,8,10-14,16,20,24-25,28H,4-5,7,9,15,17-18H2,1-3H3,(H,29,30)/t20?,24-,25-/m1/s1. The third kappa shape index (κ3) is 6.19. The molecule has 1 aliphatic heterocycles. The SMILES string of the molecule is CCc1cccc(-c2ccc(C(=O)N[C@H](CC)[C@@H](CC3CCCNC3)C(=O)OC)cc2)c1. The number of nitrogens with one attached hydrogen (secondary N) is 2. The summed E-state index contributed by atoms with van der Waals surface area (Å²) in [6.45, 7) is 6.09. The highest BCUT2D eigenvalue weighted by molar-refractivity contribution is 5.95. The van der Waals surface area contributed by atoms with Gasteiger partial charge in [-0.3, -0.25) is 9.59 Å². The van der Waals surface area contributed by atoms with E-state index in [1.165, 1.54) is 12.7 Å². The number of hydrogen-bond acceptors (Lipinski definition) is 4. The van der Waals surface area contributed by atoms with Gasteiger partial charge in [0.15, 0.2) is 0 Å². The monoisotopic (exact) mass is 436 g/mol. The molecule has 1 aliphatic rings. The summed E-state index contributed by atoms with van der Waals surface area (Å²) in [6, 6.07) is 15.9. The van der Waals surface area contributed by atoms with Gasteiger partial charge in [-0.2, -0.15) is 0 Å². The van der Waals surface area contributed by atoms with Crippen LogP contribution < -0.4 is 10.6 Å². The van der Waals surface area contributed by atoms with Crippen molar-refractivity contribution in [2.24, 2.45) is 11.8 Å². The minimum atomic E-state index is -0.338. The maximum absolute atomic E-state index is 13.0. The zero-order chi connectivity index (χ0) is 22.9. The maximum atomic E-state index is 13.0. The van der Waals surface area contributed by atoms with E-state index in [9.17, 15) is 9.59 Å². The number of aryl methyl sites for hydroxylation is 1. The van der Waals surface area contributed by atoms with Gasteiger partial charge in [-0.1, -0.05) is 50.2 Å². The Morgan fingerprint density at radius 3 is 2.53 bits per heavy atom. The zero-order valence-corrected chi connectivity index (χ0v) is 19.5. The Labute approximate surface area is 191 Å². The van der Waals surface area contributed by atoms with Crippen molar-refractivity contribution >= 4 is 11.9 Å². The molecule has 2 aromatic rings. The Hall–Kier alpha value is -2.66. The molecule has 1 unspecified atom stereocenters. The first-order chi connectivity index (χ1) is 15.5. The normalized spacial score (nSPS) is 17.9. The van der Waals surface area contributed by atoms with Crippen molar-refractivity contribution in [1.29, 1.82) is 0 Å². The van der Waals surface area contributed by atoms with Gasteiger partial charge in [0.25, 0.3) is 5.91 Å². The summed E-state index contributed by atoms with van der Waals surface area (Å²) >= 11 is 0. The topological polar surface area (TPSA) is 67.4 Å². The van der Waals surface area contributed by atoms with Crippen LogP contribution in [0.2, 0.25) is 0 Å². The lowest BCUT2D eigenvalue weighted by atomic mass is 9.84. The summed E-state index contributed by atoms with van der Waals surface area (Å²) < 4.78 is 5.10. The van der Waals surface area contributed by atoms with Gasteiger partial charge in [-0.15, -0.1) is 0 Å². The number of benzene rings is 2. The third-order valence-electron chi connectivity index (χ3n) is 6.55. The molecule has 2 aromatic carbocycles. The second-order valence-electron chi connectivity index (χ2n) is 8.70. The van der Waals surface area contributed by atoms with E-state index in [1.807, 2.05) is 31.2 Å². The molecule has 1 heterocycles. The first kappa shape index (κ1) is 24.0. The molecular weight excluding hydrogens is 400 g/mol. The quantitative estimate of drug-likeness (QED) is 0.564. The number of ether oxygens (including phenoxy) is 1. The Morgan fingerprint density at radius 1 is 1.12 bits per heavy atom. The van der Waals surface area contributed by atoms with Crippen LogP contribution in [0.1, 0.15) is 55.5 Å². The Balaban J connectivity index is 1.70. The van der Waals surface area contributed by atoms with E-state index in [-0.39, 0.29) is 23.8 Å². The highest BCUT2D eigenvalue weighted by atomic mass is 16.5. The van der Waals surface area contributed by atoms with Crippen LogP contribution in [0.15, 0.2) is 48.5 Å². The van der Waals surface area contributed by atoms with Crippen LogP contribution >= 0.6 is 0 Å². The predicted molar refractivity (Wildman–Crippen MR) is 129 cm³/mol. The van der Waals surface area contributed by atoms with Crippen LogP contribution in [0.3, 0.4) is 0 Å². The first-order valence-corrected chi connectivity index (χ1v) is 11.8. The van der Waals surface area contributed by atoms with E-state index >= 15 is 0 Å². The predicted octanol–water partition coefficient (Wildman–Crippen LogP) is 4.60. The minimum absolute atomic E-state index is 0.151. The number of amides is 1. The number of rotatable bonds is 9. The zero-order valence-electron chi connectivity index (χ0n) is 19.5. The second kappa shape index (κ2) is 11.8. The van der Waals surface area contributed by atoms with Crippen molar-refractivity contribution in [3.05, 3.63) is 59.7 Å². The molecule has 0 aliphatic carbocycles. The lowest BCUT2D eigenvalue weighted by Crippen LogP contribution is -2.45. The van der Waals surface area contributed by atoms with Gasteiger partial charge >= 0.3 is 5.97 Å². The molecule has 0 radical (unpaired) electrons. The molecular formula is C27H36N2O3. The van der Waals surface area contributed by atoms with Crippen molar-refractivity contribution < 1.29 is 14.3 Å². The molecule has 5 heteroatoms. The lowest BCUT2D eigenvalue weighted by molar-refractivity contribution is -0.147. The average Bonchev–Trinajstić information content (AvgIpc) is 2.86. The highest BCUT2D eigenvalue weighted by Gasteiger charge is 2.32. The summed E-state index contributed by atoms with van der Waals surface area (Å²) in [6.07, 6.45) is 4.62. The van der Waals surface area contributed by atoms with Crippen molar-refractivity contribution in [2.75, 3.05) is 20.2 Å². The Kier molecular flexibility index (Phi) is 8.86. The van der Waals surface area contributed by atoms with Gasteiger partial charge in [-0.05, 0) is 79.9 Å². The van der Waals surface area contributed by atoms with Gasteiger partial charge in [0.2, 0.25) is 0 Å². The van der Waals surface area contributed by atoms with Crippen molar-refractivity contribution in [1.82, 2.24) is 10.6 Å². The molecule has 0 saturated carbocycles. The van der Waals surface area contributed by atoms with Crippen molar-refractivity contribution in [2.45, 2.75) is 52.0 Å². The molecule has 0 aromatic heterocycles.